The first kappa shape index (κ1) is 18.9. The summed E-state index contributed by atoms with van der Waals surface area (Å²) < 4.78 is 0. The first-order chi connectivity index (χ1) is 12.4. The van der Waals surface area contributed by atoms with Gasteiger partial charge >= 0.3 is 0 Å². The van der Waals surface area contributed by atoms with E-state index in [4.69, 9.17) is 0 Å². The Kier molecular flexibility index (Phi) is 6.21. The van der Waals surface area contributed by atoms with Gasteiger partial charge < -0.3 is 15.5 Å². The zero-order chi connectivity index (χ0) is 19.1. The smallest absolute Gasteiger partial charge is 0.238 e. The lowest BCUT2D eigenvalue weighted by molar-refractivity contribution is -0.124. The molecule has 0 radical (unpaired) electrons. The first-order valence-corrected chi connectivity index (χ1v) is 7.98. The zero-order valence-electron chi connectivity index (χ0n) is 14.4. The number of phenols is 2. The molecule has 0 atom stereocenters. The van der Waals surface area contributed by atoms with Gasteiger partial charge in [0.15, 0.2) is 0 Å². The second-order valence-corrected chi connectivity index (χ2v) is 5.72. The lowest BCUT2D eigenvalue weighted by Gasteiger charge is -2.13. The third-order valence-corrected chi connectivity index (χ3v) is 3.66. The Hall–Kier alpha value is -3.48. The minimum Gasteiger partial charge on any atom is -0.508 e. The van der Waals surface area contributed by atoms with Crippen LogP contribution in [-0.2, 0) is 9.59 Å². The Labute approximate surface area is 151 Å². The SMILES string of the molecule is C=C(NNC(=O)CCC(=O)Nc1ccccc1C)c1ccc(O)cc1O. The van der Waals surface area contributed by atoms with Crippen LogP contribution < -0.4 is 16.2 Å². The maximum atomic E-state index is 11.9. The number of phenolic OH excluding ortho intramolecular Hbond substituents is 2. The quantitative estimate of drug-likeness (QED) is 0.490. The molecular weight excluding hydrogens is 334 g/mol. The molecule has 2 aromatic rings. The number of aryl methyl sites for hydroxylation is 1. The van der Waals surface area contributed by atoms with Gasteiger partial charge in [-0.3, -0.25) is 20.4 Å². The Morgan fingerprint density at radius 2 is 1.69 bits per heavy atom. The van der Waals surface area contributed by atoms with E-state index in [0.717, 1.165) is 5.56 Å². The highest BCUT2D eigenvalue weighted by Gasteiger charge is 2.10. The van der Waals surface area contributed by atoms with Crippen LogP contribution in [0, 0.1) is 6.92 Å². The van der Waals surface area contributed by atoms with Crippen molar-refractivity contribution in [1.82, 2.24) is 10.9 Å². The number of carbonyl (C=O) groups is 2. The van der Waals surface area contributed by atoms with Crippen molar-refractivity contribution in [2.45, 2.75) is 19.8 Å². The molecule has 2 rings (SSSR count). The van der Waals surface area contributed by atoms with E-state index in [2.05, 4.69) is 22.7 Å². The van der Waals surface area contributed by atoms with E-state index in [0.29, 0.717) is 11.3 Å². The molecule has 0 aliphatic carbocycles. The maximum Gasteiger partial charge on any atom is 0.238 e. The largest absolute Gasteiger partial charge is 0.508 e. The molecule has 2 aromatic carbocycles. The molecular formula is C19H21N3O4. The summed E-state index contributed by atoms with van der Waals surface area (Å²) in [5, 5.41) is 21.8. The molecule has 7 heteroatoms. The predicted octanol–water partition coefficient (Wildman–Crippen LogP) is 2.42. The van der Waals surface area contributed by atoms with Gasteiger partial charge in [-0.15, -0.1) is 0 Å². The number of carbonyl (C=O) groups excluding carboxylic acids is 2. The molecule has 5 N–H and O–H groups in total. The highest BCUT2D eigenvalue weighted by Crippen LogP contribution is 2.26. The van der Waals surface area contributed by atoms with E-state index in [-0.39, 0.29) is 35.9 Å². The zero-order valence-corrected chi connectivity index (χ0v) is 14.4. The number of hydrogen-bond acceptors (Lipinski definition) is 5. The highest BCUT2D eigenvalue weighted by molar-refractivity contribution is 5.93. The molecule has 0 aromatic heterocycles. The fourth-order valence-electron chi connectivity index (χ4n) is 2.20. The van der Waals surface area contributed by atoms with Gasteiger partial charge in [0.25, 0.3) is 0 Å². The van der Waals surface area contributed by atoms with Crippen molar-refractivity contribution in [2.75, 3.05) is 5.32 Å². The summed E-state index contributed by atoms with van der Waals surface area (Å²) in [6, 6.07) is 11.4. The molecule has 0 aliphatic rings. The molecule has 0 bridgehead atoms. The van der Waals surface area contributed by atoms with Crippen molar-refractivity contribution in [3.63, 3.8) is 0 Å². The average Bonchev–Trinajstić information content (AvgIpc) is 2.60. The van der Waals surface area contributed by atoms with E-state index < -0.39 is 5.91 Å². The molecule has 0 aliphatic heterocycles. The van der Waals surface area contributed by atoms with Crippen LogP contribution in [0.15, 0.2) is 49.0 Å². The summed E-state index contributed by atoms with van der Waals surface area (Å²) >= 11 is 0. The van der Waals surface area contributed by atoms with Crippen LogP contribution in [0.25, 0.3) is 5.70 Å². The fraction of sp³-hybridized carbons (Fsp3) is 0.158. The third-order valence-electron chi connectivity index (χ3n) is 3.66. The van der Waals surface area contributed by atoms with Crippen LogP contribution in [0.2, 0.25) is 0 Å². The van der Waals surface area contributed by atoms with Crippen molar-refractivity contribution in [3.05, 3.63) is 60.2 Å². The highest BCUT2D eigenvalue weighted by atomic mass is 16.3. The Morgan fingerprint density at radius 1 is 1.00 bits per heavy atom. The average molecular weight is 355 g/mol. The van der Waals surface area contributed by atoms with Crippen LogP contribution in [0.4, 0.5) is 5.69 Å². The van der Waals surface area contributed by atoms with Gasteiger partial charge in [0.2, 0.25) is 11.8 Å². The summed E-state index contributed by atoms with van der Waals surface area (Å²) in [5.74, 6) is -0.911. The van der Waals surface area contributed by atoms with Gasteiger partial charge in [-0.1, -0.05) is 24.8 Å². The van der Waals surface area contributed by atoms with E-state index in [1.807, 2.05) is 25.1 Å². The number of nitrogens with one attached hydrogen (secondary N) is 3. The molecule has 0 saturated heterocycles. The van der Waals surface area contributed by atoms with Gasteiger partial charge in [0, 0.05) is 30.2 Å². The Bertz CT molecular complexity index is 833. The molecule has 2 amide bonds. The van der Waals surface area contributed by atoms with Crippen molar-refractivity contribution in [2.24, 2.45) is 0 Å². The van der Waals surface area contributed by atoms with Crippen LogP contribution in [-0.4, -0.2) is 22.0 Å². The van der Waals surface area contributed by atoms with E-state index in [9.17, 15) is 19.8 Å². The number of hydrazine groups is 1. The summed E-state index contributed by atoms with van der Waals surface area (Å²) in [5.41, 5.74) is 7.23. The van der Waals surface area contributed by atoms with Gasteiger partial charge in [0.1, 0.15) is 11.5 Å². The van der Waals surface area contributed by atoms with Crippen LogP contribution in [0.5, 0.6) is 11.5 Å². The standard InChI is InChI=1S/C19H21N3O4/c1-12-5-3-4-6-16(12)20-18(25)9-10-19(26)22-21-13(2)15-8-7-14(23)11-17(15)24/h3-8,11,21,23-24H,2,9-10H2,1H3,(H,20,25)(H,22,26). The predicted molar refractivity (Wildman–Crippen MR) is 99.1 cm³/mol. The summed E-state index contributed by atoms with van der Waals surface area (Å²) in [4.78, 5) is 23.8. The topological polar surface area (TPSA) is 111 Å². The molecule has 26 heavy (non-hydrogen) atoms. The van der Waals surface area contributed by atoms with E-state index in [1.165, 1.54) is 18.2 Å². The van der Waals surface area contributed by atoms with Crippen molar-refractivity contribution < 1.29 is 19.8 Å². The normalized spacial score (nSPS) is 10.0. The molecule has 0 spiro atoms. The number of amides is 2. The summed E-state index contributed by atoms with van der Waals surface area (Å²) in [6.45, 7) is 5.59. The van der Waals surface area contributed by atoms with E-state index in [1.54, 1.807) is 6.07 Å². The van der Waals surface area contributed by atoms with Crippen LogP contribution in [0.3, 0.4) is 0 Å². The maximum absolute atomic E-state index is 11.9. The molecule has 0 saturated carbocycles. The number of anilines is 1. The molecule has 0 fully saturated rings. The Balaban J connectivity index is 1.77. The summed E-state index contributed by atoms with van der Waals surface area (Å²) in [7, 11) is 0. The minimum absolute atomic E-state index is 0.0143. The van der Waals surface area contributed by atoms with Crippen LogP contribution >= 0.6 is 0 Å². The van der Waals surface area contributed by atoms with Crippen molar-refractivity contribution >= 4 is 23.2 Å². The molecule has 0 unspecified atom stereocenters. The monoisotopic (exact) mass is 355 g/mol. The van der Waals surface area contributed by atoms with Gasteiger partial charge in [-0.2, -0.15) is 0 Å². The fourth-order valence-corrected chi connectivity index (χ4v) is 2.20. The number of benzene rings is 2. The first-order valence-electron chi connectivity index (χ1n) is 7.98. The summed E-state index contributed by atoms with van der Waals surface area (Å²) in [6.07, 6.45) is 0.0122. The van der Waals surface area contributed by atoms with Crippen molar-refractivity contribution in [1.29, 1.82) is 0 Å². The van der Waals surface area contributed by atoms with Gasteiger partial charge in [0.05, 0.1) is 5.70 Å². The van der Waals surface area contributed by atoms with Crippen molar-refractivity contribution in [3.8, 4) is 11.5 Å². The van der Waals surface area contributed by atoms with E-state index >= 15 is 0 Å². The third kappa shape index (κ3) is 5.27. The lowest BCUT2D eigenvalue weighted by atomic mass is 10.1. The molecule has 0 heterocycles. The van der Waals surface area contributed by atoms with Gasteiger partial charge in [-0.25, -0.2) is 0 Å². The lowest BCUT2D eigenvalue weighted by Crippen LogP contribution is -2.36. The number of aromatic hydroxyl groups is 2. The Morgan fingerprint density at radius 3 is 2.38 bits per heavy atom. The van der Waals surface area contributed by atoms with Gasteiger partial charge in [-0.05, 0) is 30.7 Å². The minimum atomic E-state index is -0.399. The second kappa shape index (κ2) is 8.57. The molecule has 136 valence electrons. The number of para-hydroxylation sites is 1. The number of hydrogen-bond donors (Lipinski definition) is 5. The second-order valence-electron chi connectivity index (χ2n) is 5.72. The molecule has 7 nitrogen and oxygen atoms in total. The van der Waals surface area contributed by atoms with Crippen LogP contribution in [0.1, 0.15) is 24.0 Å². The number of rotatable bonds is 7.